The Morgan fingerprint density at radius 3 is 2.89 bits per heavy atom. The van der Waals surface area contributed by atoms with E-state index in [0.29, 0.717) is 12.1 Å². The highest BCUT2D eigenvalue weighted by Crippen LogP contribution is 2.34. The molecule has 1 aliphatic heterocycles. The monoisotopic (exact) mass is 281 g/mol. The van der Waals surface area contributed by atoms with Gasteiger partial charge in [-0.15, -0.1) is 11.3 Å². The fourth-order valence-corrected chi connectivity index (χ4v) is 4.13. The van der Waals surface area contributed by atoms with Crippen molar-refractivity contribution in [3.05, 3.63) is 10.6 Å². The molecule has 1 fully saturated rings. The fraction of sp³-hybridized carbons (Fsp3) is 0.800. The molecular weight excluding hydrogens is 254 g/mol. The van der Waals surface area contributed by atoms with E-state index in [1.807, 2.05) is 18.4 Å². The number of hydrogen-bond donors (Lipinski definition) is 1. The maximum absolute atomic E-state index is 4.85. The normalized spacial score (nSPS) is 22.3. The van der Waals surface area contributed by atoms with Crippen molar-refractivity contribution >= 4 is 16.5 Å². The lowest BCUT2D eigenvalue weighted by Gasteiger charge is -2.28. The molecule has 2 atom stereocenters. The Morgan fingerprint density at radius 1 is 1.42 bits per heavy atom. The summed E-state index contributed by atoms with van der Waals surface area (Å²) in [5.41, 5.74) is 1.20. The Balaban J connectivity index is 2.23. The first-order chi connectivity index (χ1) is 9.17. The van der Waals surface area contributed by atoms with Gasteiger partial charge in [0.2, 0.25) is 0 Å². The average Bonchev–Trinajstić information content (AvgIpc) is 2.65. The summed E-state index contributed by atoms with van der Waals surface area (Å²) < 4.78 is 0. The number of hydrogen-bond acceptors (Lipinski definition) is 4. The number of rotatable bonds is 4. The average molecular weight is 281 g/mol. The highest BCUT2D eigenvalue weighted by atomic mass is 32.1. The molecule has 108 valence electrons. The van der Waals surface area contributed by atoms with Crippen LogP contribution in [0.3, 0.4) is 0 Å². The van der Waals surface area contributed by atoms with Gasteiger partial charge in [0.05, 0.1) is 5.69 Å². The number of nitrogens with zero attached hydrogens (tertiary/aromatic N) is 2. The smallest absolute Gasteiger partial charge is 0.186 e. The third-order valence-corrected chi connectivity index (χ3v) is 5.62. The summed E-state index contributed by atoms with van der Waals surface area (Å²) in [6.45, 7) is 7.84. The van der Waals surface area contributed by atoms with Gasteiger partial charge in [-0.1, -0.05) is 19.8 Å². The second-order valence-electron chi connectivity index (χ2n) is 5.56. The van der Waals surface area contributed by atoms with Crippen LogP contribution in [0, 0.1) is 6.92 Å². The third-order valence-electron chi connectivity index (χ3n) is 4.24. The van der Waals surface area contributed by atoms with Crippen LogP contribution in [-0.2, 0) is 0 Å². The molecule has 1 aromatic heterocycles. The van der Waals surface area contributed by atoms with Crippen LogP contribution in [0.25, 0.3) is 0 Å². The summed E-state index contributed by atoms with van der Waals surface area (Å²) >= 11 is 1.88. The summed E-state index contributed by atoms with van der Waals surface area (Å²) in [6, 6.07) is 1.09. The first-order valence-corrected chi connectivity index (χ1v) is 8.40. The molecule has 0 spiro atoms. The van der Waals surface area contributed by atoms with E-state index in [9.17, 15) is 0 Å². The van der Waals surface area contributed by atoms with Crippen molar-refractivity contribution in [3.63, 3.8) is 0 Å². The van der Waals surface area contributed by atoms with Crippen LogP contribution in [0.2, 0.25) is 0 Å². The molecule has 3 nitrogen and oxygen atoms in total. The van der Waals surface area contributed by atoms with Gasteiger partial charge in [-0.2, -0.15) is 0 Å². The minimum absolute atomic E-state index is 0.401. The molecule has 0 aromatic carbocycles. The van der Waals surface area contributed by atoms with Crippen LogP contribution in [0.15, 0.2) is 0 Å². The second kappa shape index (κ2) is 6.71. The first kappa shape index (κ1) is 14.8. The Kier molecular flexibility index (Phi) is 5.22. The van der Waals surface area contributed by atoms with Gasteiger partial charge in [-0.05, 0) is 40.2 Å². The third kappa shape index (κ3) is 3.29. The standard InChI is InChI=1S/C15H27N3S/c1-5-13-9-7-6-8-10-18(13)15-17-12(3)14(19-15)11(2)16-4/h11,13,16H,5-10H2,1-4H3. The Morgan fingerprint density at radius 2 is 2.21 bits per heavy atom. The lowest BCUT2D eigenvalue weighted by molar-refractivity contribution is 0.555. The molecule has 1 aliphatic rings. The van der Waals surface area contributed by atoms with E-state index in [2.05, 4.69) is 31.0 Å². The van der Waals surface area contributed by atoms with Gasteiger partial charge in [0.25, 0.3) is 0 Å². The van der Waals surface area contributed by atoms with E-state index in [1.165, 1.54) is 54.4 Å². The van der Waals surface area contributed by atoms with Crippen molar-refractivity contribution in [1.29, 1.82) is 0 Å². The quantitative estimate of drug-likeness (QED) is 0.907. The zero-order chi connectivity index (χ0) is 13.8. The maximum Gasteiger partial charge on any atom is 0.186 e. The van der Waals surface area contributed by atoms with Gasteiger partial charge in [0.1, 0.15) is 0 Å². The Hall–Kier alpha value is -0.610. The largest absolute Gasteiger partial charge is 0.345 e. The summed E-state index contributed by atoms with van der Waals surface area (Å²) in [6.07, 6.45) is 6.61. The molecular formula is C15H27N3S. The summed E-state index contributed by atoms with van der Waals surface area (Å²) in [4.78, 5) is 8.80. The summed E-state index contributed by atoms with van der Waals surface area (Å²) in [7, 11) is 2.02. The van der Waals surface area contributed by atoms with E-state index >= 15 is 0 Å². The molecule has 0 saturated carbocycles. The SMILES string of the molecule is CCC1CCCCCN1c1nc(C)c(C(C)NC)s1. The number of aromatic nitrogens is 1. The molecule has 1 aromatic rings. The van der Waals surface area contributed by atoms with Crippen molar-refractivity contribution in [2.75, 3.05) is 18.5 Å². The molecule has 1 N–H and O–H groups in total. The van der Waals surface area contributed by atoms with Crippen LogP contribution >= 0.6 is 11.3 Å². The fourth-order valence-electron chi connectivity index (χ4n) is 2.90. The van der Waals surface area contributed by atoms with Gasteiger partial charge in [0.15, 0.2) is 5.13 Å². The lowest BCUT2D eigenvalue weighted by atomic mass is 10.1. The van der Waals surface area contributed by atoms with E-state index in [4.69, 9.17) is 4.98 Å². The second-order valence-corrected chi connectivity index (χ2v) is 6.57. The van der Waals surface area contributed by atoms with Gasteiger partial charge in [0, 0.05) is 23.5 Å². The molecule has 0 radical (unpaired) electrons. The van der Waals surface area contributed by atoms with E-state index in [1.54, 1.807) is 0 Å². The van der Waals surface area contributed by atoms with E-state index in [-0.39, 0.29) is 0 Å². The molecule has 0 aliphatic carbocycles. The highest BCUT2D eigenvalue weighted by molar-refractivity contribution is 7.15. The zero-order valence-corrected chi connectivity index (χ0v) is 13.5. The number of aryl methyl sites for hydroxylation is 1. The molecule has 2 unspecified atom stereocenters. The van der Waals surface area contributed by atoms with Gasteiger partial charge in [-0.3, -0.25) is 0 Å². The molecule has 0 amide bonds. The van der Waals surface area contributed by atoms with E-state index < -0.39 is 0 Å². The molecule has 0 bridgehead atoms. The first-order valence-electron chi connectivity index (χ1n) is 7.58. The minimum Gasteiger partial charge on any atom is -0.345 e. The van der Waals surface area contributed by atoms with Crippen LogP contribution in [0.5, 0.6) is 0 Å². The van der Waals surface area contributed by atoms with Crippen molar-refractivity contribution in [2.24, 2.45) is 0 Å². The van der Waals surface area contributed by atoms with Gasteiger partial charge < -0.3 is 10.2 Å². The van der Waals surface area contributed by atoms with Crippen molar-refractivity contribution in [1.82, 2.24) is 10.3 Å². The van der Waals surface area contributed by atoms with Gasteiger partial charge >= 0.3 is 0 Å². The van der Waals surface area contributed by atoms with Gasteiger partial charge in [-0.25, -0.2) is 4.98 Å². The number of anilines is 1. The molecule has 2 heterocycles. The van der Waals surface area contributed by atoms with Crippen LogP contribution in [0.1, 0.15) is 62.6 Å². The topological polar surface area (TPSA) is 28.2 Å². The van der Waals surface area contributed by atoms with Crippen LogP contribution in [0.4, 0.5) is 5.13 Å². The van der Waals surface area contributed by atoms with Crippen LogP contribution in [-0.4, -0.2) is 24.6 Å². The maximum atomic E-state index is 4.85. The Labute approximate surface area is 121 Å². The van der Waals surface area contributed by atoms with Crippen LogP contribution < -0.4 is 10.2 Å². The lowest BCUT2D eigenvalue weighted by Crippen LogP contribution is -2.34. The molecule has 19 heavy (non-hydrogen) atoms. The summed E-state index contributed by atoms with van der Waals surface area (Å²) in [5.74, 6) is 0. The van der Waals surface area contributed by atoms with Crippen molar-refractivity contribution in [2.45, 2.75) is 65.0 Å². The zero-order valence-electron chi connectivity index (χ0n) is 12.7. The number of thiazole rings is 1. The molecule has 2 rings (SSSR count). The predicted octanol–water partition coefficient (Wildman–Crippen LogP) is 3.89. The molecule has 4 heteroatoms. The van der Waals surface area contributed by atoms with E-state index in [0.717, 1.165) is 0 Å². The van der Waals surface area contributed by atoms with Crippen molar-refractivity contribution < 1.29 is 0 Å². The Bertz CT molecular complexity index is 402. The summed E-state index contributed by atoms with van der Waals surface area (Å²) in [5, 5.41) is 4.57. The minimum atomic E-state index is 0.401. The predicted molar refractivity (Wildman–Crippen MR) is 84.2 cm³/mol. The number of nitrogens with one attached hydrogen (secondary N) is 1. The van der Waals surface area contributed by atoms with Crippen molar-refractivity contribution in [3.8, 4) is 0 Å². The highest BCUT2D eigenvalue weighted by Gasteiger charge is 2.24. The molecule has 1 saturated heterocycles.